The number of amides is 1. The number of nitrogens with zero attached hydrogens (tertiary/aromatic N) is 2. The Morgan fingerprint density at radius 3 is 2.29 bits per heavy atom. The average Bonchev–Trinajstić information content (AvgIpc) is 2.35. The van der Waals surface area contributed by atoms with Crippen LogP contribution in [0.4, 0.5) is 0 Å². The fourth-order valence-electron chi connectivity index (χ4n) is 2.04. The van der Waals surface area contributed by atoms with Crippen molar-refractivity contribution < 1.29 is 4.79 Å². The largest absolute Gasteiger partial charge is 0.339 e. The Hall–Kier alpha value is -0.610. The highest BCUT2D eigenvalue weighted by Gasteiger charge is 2.23. The van der Waals surface area contributed by atoms with E-state index in [2.05, 4.69) is 18.7 Å². The zero-order valence-electron chi connectivity index (χ0n) is 11.5. The topological polar surface area (TPSA) is 49.6 Å². The van der Waals surface area contributed by atoms with E-state index in [1.165, 1.54) is 6.42 Å². The Balaban J connectivity index is 2.28. The van der Waals surface area contributed by atoms with Crippen molar-refractivity contribution in [1.82, 2.24) is 9.80 Å². The number of carbonyl (C=O) groups is 1. The second kappa shape index (κ2) is 6.97. The normalized spacial score (nSPS) is 19.7. The molecular weight excluding hydrogens is 214 g/mol. The zero-order valence-corrected chi connectivity index (χ0v) is 11.5. The quantitative estimate of drug-likeness (QED) is 0.778. The average molecular weight is 241 g/mol. The van der Waals surface area contributed by atoms with E-state index in [9.17, 15) is 4.79 Å². The van der Waals surface area contributed by atoms with Crippen molar-refractivity contribution >= 4 is 5.91 Å². The summed E-state index contributed by atoms with van der Waals surface area (Å²) in [6.45, 7) is 11.3. The van der Waals surface area contributed by atoms with E-state index in [4.69, 9.17) is 5.73 Å². The van der Waals surface area contributed by atoms with E-state index in [0.717, 1.165) is 45.1 Å². The summed E-state index contributed by atoms with van der Waals surface area (Å²) in [7, 11) is 0. The minimum atomic E-state index is -0.308. The molecule has 0 aromatic rings. The third-order valence-electron chi connectivity index (χ3n) is 3.46. The molecule has 1 aliphatic rings. The number of rotatable bonds is 5. The molecule has 0 spiro atoms. The molecule has 2 N–H and O–H groups in total. The third kappa shape index (κ3) is 4.64. The Morgan fingerprint density at radius 1 is 1.24 bits per heavy atom. The monoisotopic (exact) mass is 241 g/mol. The summed E-state index contributed by atoms with van der Waals surface area (Å²) < 4.78 is 0. The lowest BCUT2D eigenvalue weighted by molar-refractivity contribution is -0.134. The lowest BCUT2D eigenvalue weighted by Gasteiger charge is -2.36. The Morgan fingerprint density at radius 2 is 1.82 bits per heavy atom. The van der Waals surface area contributed by atoms with Crippen molar-refractivity contribution in [2.75, 3.05) is 32.7 Å². The molecule has 1 amide bonds. The van der Waals surface area contributed by atoms with Gasteiger partial charge in [0.25, 0.3) is 0 Å². The molecule has 0 aromatic heterocycles. The Labute approximate surface area is 105 Å². The fourth-order valence-corrected chi connectivity index (χ4v) is 2.04. The maximum absolute atomic E-state index is 11.9. The molecule has 0 aliphatic carbocycles. The number of hydrogen-bond acceptors (Lipinski definition) is 3. The number of nitrogens with two attached hydrogens (primary N) is 1. The number of piperazine rings is 1. The van der Waals surface area contributed by atoms with Crippen LogP contribution in [0.1, 0.15) is 33.6 Å². The molecule has 0 unspecified atom stereocenters. The van der Waals surface area contributed by atoms with Gasteiger partial charge < -0.3 is 10.6 Å². The molecule has 0 saturated carbocycles. The minimum Gasteiger partial charge on any atom is -0.339 e. The molecule has 1 heterocycles. The van der Waals surface area contributed by atoms with E-state index in [-0.39, 0.29) is 11.9 Å². The van der Waals surface area contributed by atoms with Crippen LogP contribution in [0, 0.1) is 5.92 Å². The molecule has 0 bridgehead atoms. The molecule has 1 rings (SSSR count). The van der Waals surface area contributed by atoms with Crippen LogP contribution in [0.2, 0.25) is 0 Å². The van der Waals surface area contributed by atoms with Crippen LogP contribution in [-0.4, -0.2) is 54.5 Å². The van der Waals surface area contributed by atoms with E-state index < -0.39 is 0 Å². The number of hydrogen-bond donors (Lipinski definition) is 1. The molecule has 4 heteroatoms. The van der Waals surface area contributed by atoms with Gasteiger partial charge in [-0.05, 0) is 25.3 Å². The zero-order chi connectivity index (χ0) is 12.8. The minimum absolute atomic E-state index is 0.121. The van der Waals surface area contributed by atoms with Gasteiger partial charge in [-0.1, -0.05) is 20.8 Å². The first-order chi connectivity index (χ1) is 8.04. The second-order valence-corrected chi connectivity index (χ2v) is 5.36. The van der Waals surface area contributed by atoms with Gasteiger partial charge in [-0.2, -0.15) is 0 Å². The SMILES string of the molecule is CC[C@@H](N)C(=O)N1CCN(CCC(C)C)CC1. The predicted molar refractivity (Wildman–Crippen MR) is 70.7 cm³/mol. The van der Waals surface area contributed by atoms with Crippen LogP contribution < -0.4 is 5.73 Å². The maximum Gasteiger partial charge on any atom is 0.239 e. The molecule has 1 atom stereocenters. The first-order valence-corrected chi connectivity index (χ1v) is 6.81. The van der Waals surface area contributed by atoms with E-state index in [1.54, 1.807) is 0 Å². The van der Waals surface area contributed by atoms with Gasteiger partial charge in [-0.25, -0.2) is 0 Å². The maximum atomic E-state index is 11.9. The van der Waals surface area contributed by atoms with Crippen LogP contribution in [0.15, 0.2) is 0 Å². The van der Waals surface area contributed by atoms with E-state index in [0.29, 0.717) is 0 Å². The Bertz CT molecular complexity index is 235. The third-order valence-corrected chi connectivity index (χ3v) is 3.46. The summed E-state index contributed by atoms with van der Waals surface area (Å²) in [6, 6.07) is -0.308. The molecule has 17 heavy (non-hydrogen) atoms. The first kappa shape index (κ1) is 14.5. The van der Waals surface area contributed by atoms with Gasteiger partial charge in [0.1, 0.15) is 0 Å². The smallest absolute Gasteiger partial charge is 0.239 e. The van der Waals surface area contributed by atoms with Crippen molar-refractivity contribution in [3.63, 3.8) is 0 Å². The molecule has 4 nitrogen and oxygen atoms in total. The standard InChI is InChI=1S/C13H27N3O/c1-4-12(14)13(17)16-9-7-15(8-10-16)6-5-11(2)3/h11-12H,4-10,14H2,1-3H3/t12-/m1/s1. The first-order valence-electron chi connectivity index (χ1n) is 6.81. The van der Waals surface area contributed by atoms with Crippen molar-refractivity contribution in [3.05, 3.63) is 0 Å². The highest BCUT2D eigenvalue weighted by atomic mass is 16.2. The van der Waals surface area contributed by atoms with Crippen LogP contribution in [0.25, 0.3) is 0 Å². The summed E-state index contributed by atoms with van der Waals surface area (Å²) in [5.74, 6) is 0.874. The van der Waals surface area contributed by atoms with Crippen molar-refractivity contribution in [1.29, 1.82) is 0 Å². The molecule has 100 valence electrons. The summed E-state index contributed by atoms with van der Waals surface area (Å²) in [6.07, 6.45) is 1.97. The fraction of sp³-hybridized carbons (Fsp3) is 0.923. The Kier molecular flexibility index (Phi) is 5.92. The van der Waals surface area contributed by atoms with Gasteiger partial charge in [-0.15, -0.1) is 0 Å². The molecular formula is C13H27N3O. The molecule has 0 aromatic carbocycles. The lowest BCUT2D eigenvalue weighted by atomic mass is 10.1. The van der Waals surface area contributed by atoms with Crippen LogP contribution >= 0.6 is 0 Å². The van der Waals surface area contributed by atoms with Crippen molar-refractivity contribution in [3.8, 4) is 0 Å². The molecule has 1 aliphatic heterocycles. The molecule has 1 saturated heterocycles. The van der Waals surface area contributed by atoms with Gasteiger partial charge in [0.05, 0.1) is 6.04 Å². The predicted octanol–water partition coefficient (Wildman–Crippen LogP) is 0.914. The highest BCUT2D eigenvalue weighted by Crippen LogP contribution is 2.07. The summed E-state index contributed by atoms with van der Waals surface area (Å²) in [4.78, 5) is 16.2. The molecule has 0 radical (unpaired) electrons. The highest BCUT2D eigenvalue weighted by molar-refractivity contribution is 5.81. The van der Waals surface area contributed by atoms with Crippen LogP contribution in [-0.2, 0) is 4.79 Å². The van der Waals surface area contributed by atoms with Gasteiger partial charge in [0, 0.05) is 26.2 Å². The second-order valence-electron chi connectivity index (χ2n) is 5.36. The summed E-state index contributed by atoms with van der Waals surface area (Å²) in [5.41, 5.74) is 5.78. The van der Waals surface area contributed by atoms with Gasteiger partial charge in [-0.3, -0.25) is 9.69 Å². The van der Waals surface area contributed by atoms with Crippen LogP contribution in [0.3, 0.4) is 0 Å². The number of carbonyl (C=O) groups excluding carboxylic acids is 1. The van der Waals surface area contributed by atoms with Gasteiger partial charge >= 0.3 is 0 Å². The van der Waals surface area contributed by atoms with Crippen LogP contribution in [0.5, 0.6) is 0 Å². The molecule has 1 fully saturated rings. The van der Waals surface area contributed by atoms with Gasteiger partial charge in [0.15, 0.2) is 0 Å². The lowest BCUT2D eigenvalue weighted by Crippen LogP contribution is -2.53. The van der Waals surface area contributed by atoms with Gasteiger partial charge in [0.2, 0.25) is 5.91 Å². The van der Waals surface area contributed by atoms with Crippen molar-refractivity contribution in [2.45, 2.75) is 39.7 Å². The van der Waals surface area contributed by atoms with Crippen molar-refractivity contribution in [2.24, 2.45) is 11.7 Å². The van der Waals surface area contributed by atoms with E-state index in [1.807, 2.05) is 11.8 Å². The van der Waals surface area contributed by atoms with E-state index >= 15 is 0 Å². The summed E-state index contributed by atoms with van der Waals surface area (Å²) in [5, 5.41) is 0. The summed E-state index contributed by atoms with van der Waals surface area (Å²) >= 11 is 0.